The first kappa shape index (κ1) is 19.6. The van der Waals surface area contributed by atoms with Crippen molar-refractivity contribution in [3.05, 3.63) is 71.7 Å². The van der Waals surface area contributed by atoms with Crippen LogP contribution < -0.4 is 5.32 Å². The van der Waals surface area contributed by atoms with Crippen LogP contribution in [0.1, 0.15) is 50.1 Å². The Labute approximate surface area is 164 Å². The van der Waals surface area contributed by atoms with Crippen molar-refractivity contribution in [1.82, 2.24) is 14.7 Å². The molecule has 0 spiro atoms. The minimum absolute atomic E-state index is 0.00714. The second kappa shape index (κ2) is 7.84. The number of amides is 1. The topological polar surface area (TPSA) is 83.7 Å². The van der Waals surface area contributed by atoms with Crippen LogP contribution in [0.5, 0.6) is 0 Å². The summed E-state index contributed by atoms with van der Waals surface area (Å²) in [5.74, 6) is -1.22. The lowest BCUT2D eigenvalue weighted by Gasteiger charge is -2.21. The van der Waals surface area contributed by atoms with E-state index in [-0.39, 0.29) is 24.2 Å². The van der Waals surface area contributed by atoms with E-state index in [1.807, 2.05) is 53.1 Å². The SMILES string of the molecule is CC(C)(C)c1ccc(C(CC(=O)O)NC(=O)Cc2cn3ccccc3n2)cc1. The highest BCUT2D eigenvalue weighted by Crippen LogP contribution is 2.25. The third kappa shape index (κ3) is 4.76. The number of aromatic nitrogens is 2. The largest absolute Gasteiger partial charge is 0.481 e. The molecule has 0 saturated heterocycles. The number of nitrogens with one attached hydrogen (secondary N) is 1. The van der Waals surface area contributed by atoms with Gasteiger partial charge in [0.1, 0.15) is 5.65 Å². The van der Waals surface area contributed by atoms with Gasteiger partial charge in [0.2, 0.25) is 5.91 Å². The maximum atomic E-state index is 12.5. The molecule has 0 aliphatic rings. The van der Waals surface area contributed by atoms with Crippen molar-refractivity contribution in [2.75, 3.05) is 0 Å². The van der Waals surface area contributed by atoms with E-state index in [1.165, 1.54) is 0 Å². The molecule has 0 saturated carbocycles. The number of carbonyl (C=O) groups is 2. The molecule has 3 rings (SSSR count). The Balaban J connectivity index is 1.74. The van der Waals surface area contributed by atoms with Crippen LogP contribution in [-0.4, -0.2) is 26.4 Å². The maximum Gasteiger partial charge on any atom is 0.305 e. The Hall–Kier alpha value is -3.15. The summed E-state index contributed by atoms with van der Waals surface area (Å²) in [6.45, 7) is 6.36. The van der Waals surface area contributed by atoms with Gasteiger partial charge in [-0.3, -0.25) is 9.59 Å². The van der Waals surface area contributed by atoms with Crippen LogP contribution in [0.25, 0.3) is 5.65 Å². The quantitative estimate of drug-likeness (QED) is 0.686. The summed E-state index contributed by atoms with van der Waals surface area (Å²) in [5, 5.41) is 12.1. The molecule has 28 heavy (non-hydrogen) atoms. The number of benzene rings is 1. The van der Waals surface area contributed by atoms with Crippen molar-refractivity contribution in [2.45, 2.75) is 45.1 Å². The first-order valence-corrected chi connectivity index (χ1v) is 9.26. The van der Waals surface area contributed by atoms with Crippen LogP contribution in [0.4, 0.5) is 0 Å². The zero-order valence-corrected chi connectivity index (χ0v) is 16.3. The summed E-state index contributed by atoms with van der Waals surface area (Å²) in [5.41, 5.74) is 3.35. The summed E-state index contributed by atoms with van der Waals surface area (Å²) < 4.78 is 1.85. The van der Waals surface area contributed by atoms with Crippen molar-refractivity contribution in [1.29, 1.82) is 0 Å². The Kier molecular flexibility index (Phi) is 5.49. The highest BCUT2D eigenvalue weighted by molar-refractivity contribution is 5.79. The molecule has 2 aromatic heterocycles. The maximum absolute atomic E-state index is 12.5. The molecule has 1 amide bonds. The molecule has 6 heteroatoms. The van der Waals surface area contributed by atoms with Gasteiger partial charge in [-0.1, -0.05) is 51.1 Å². The van der Waals surface area contributed by atoms with Crippen LogP contribution in [0, 0.1) is 0 Å². The van der Waals surface area contributed by atoms with Gasteiger partial charge in [0.25, 0.3) is 0 Å². The third-order valence-electron chi connectivity index (χ3n) is 4.65. The molecule has 1 atom stereocenters. The molecule has 0 fully saturated rings. The van der Waals surface area contributed by atoms with E-state index < -0.39 is 12.0 Å². The number of carbonyl (C=O) groups excluding carboxylic acids is 1. The first-order valence-electron chi connectivity index (χ1n) is 9.26. The molecule has 1 unspecified atom stereocenters. The number of aliphatic carboxylic acids is 1. The molecule has 2 heterocycles. The van der Waals surface area contributed by atoms with Gasteiger partial charge < -0.3 is 14.8 Å². The van der Waals surface area contributed by atoms with E-state index in [1.54, 1.807) is 6.20 Å². The minimum atomic E-state index is -0.960. The Bertz CT molecular complexity index is 951. The van der Waals surface area contributed by atoms with Crippen LogP contribution >= 0.6 is 0 Å². The number of fused-ring (bicyclic) bond motifs is 1. The lowest BCUT2D eigenvalue weighted by Crippen LogP contribution is -2.31. The molecule has 6 nitrogen and oxygen atoms in total. The molecule has 1 aromatic carbocycles. The third-order valence-corrected chi connectivity index (χ3v) is 4.65. The van der Waals surface area contributed by atoms with Crippen molar-refractivity contribution in [2.24, 2.45) is 0 Å². The van der Waals surface area contributed by atoms with Crippen molar-refractivity contribution in [3.63, 3.8) is 0 Å². The normalized spacial score (nSPS) is 12.7. The first-order chi connectivity index (χ1) is 13.2. The van der Waals surface area contributed by atoms with Crippen molar-refractivity contribution >= 4 is 17.5 Å². The number of imidazole rings is 1. The van der Waals surface area contributed by atoms with E-state index in [0.29, 0.717) is 5.69 Å². The zero-order chi connectivity index (χ0) is 20.3. The molecular weight excluding hydrogens is 354 g/mol. The second-order valence-electron chi connectivity index (χ2n) is 7.97. The zero-order valence-electron chi connectivity index (χ0n) is 16.3. The fourth-order valence-electron chi connectivity index (χ4n) is 3.12. The van der Waals surface area contributed by atoms with E-state index >= 15 is 0 Å². The van der Waals surface area contributed by atoms with Gasteiger partial charge >= 0.3 is 5.97 Å². The van der Waals surface area contributed by atoms with E-state index in [2.05, 4.69) is 31.1 Å². The number of hydrogen-bond acceptors (Lipinski definition) is 3. The van der Waals surface area contributed by atoms with Gasteiger partial charge in [0.15, 0.2) is 0 Å². The minimum Gasteiger partial charge on any atom is -0.481 e. The van der Waals surface area contributed by atoms with Crippen LogP contribution in [0.2, 0.25) is 0 Å². The lowest BCUT2D eigenvalue weighted by molar-refractivity contribution is -0.137. The molecule has 0 aliphatic heterocycles. The molecule has 0 radical (unpaired) electrons. The highest BCUT2D eigenvalue weighted by Gasteiger charge is 2.20. The number of rotatable bonds is 6. The lowest BCUT2D eigenvalue weighted by atomic mass is 9.86. The molecule has 3 aromatic rings. The standard InChI is InChI=1S/C22H25N3O3/c1-22(2,3)16-9-7-15(8-10-16)18(13-21(27)28)24-20(26)12-17-14-25-11-5-4-6-19(25)23-17/h4-11,14,18H,12-13H2,1-3H3,(H,24,26)(H,27,28). The number of carboxylic acids is 1. The molecule has 146 valence electrons. The fraction of sp³-hybridized carbons (Fsp3) is 0.318. The molecule has 0 aliphatic carbocycles. The highest BCUT2D eigenvalue weighted by atomic mass is 16.4. The monoisotopic (exact) mass is 379 g/mol. The van der Waals surface area contributed by atoms with E-state index in [4.69, 9.17) is 0 Å². The fourth-order valence-corrected chi connectivity index (χ4v) is 3.12. The molecular formula is C22H25N3O3. The van der Waals surface area contributed by atoms with Crippen LogP contribution in [-0.2, 0) is 21.4 Å². The van der Waals surface area contributed by atoms with E-state index in [0.717, 1.165) is 16.8 Å². The summed E-state index contributed by atoms with van der Waals surface area (Å²) in [7, 11) is 0. The summed E-state index contributed by atoms with van der Waals surface area (Å²) >= 11 is 0. The predicted octanol–water partition coefficient (Wildman–Crippen LogP) is 3.51. The molecule has 2 N–H and O–H groups in total. The van der Waals surface area contributed by atoms with E-state index in [9.17, 15) is 14.7 Å². The van der Waals surface area contributed by atoms with Gasteiger partial charge in [-0.05, 0) is 28.7 Å². The van der Waals surface area contributed by atoms with Gasteiger partial charge in [0.05, 0.1) is 24.6 Å². The number of hydrogen-bond donors (Lipinski definition) is 2. The number of pyridine rings is 1. The summed E-state index contributed by atoms with van der Waals surface area (Å²) in [6.07, 6.45) is 3.59. The predicted molar refractivity (Wildman–Crippen MR) is 107 cm³/mol. The van der Waals surface area contributed by atoms with Gasteiger partial charge in [-0.2, -0.15) is 0 Å². The van der Waals surface area contributed by atoms with Crippen molar-refractivity contribution < 1.29 is 14.7 Å². The van der Waals surface area contributed by atoms with Gasteiger partial charge in [0, 0.05) is 12.4 Å². The van der Waals surface area contributed by atoms with Crippen LogP contribution in [0.3, 0.4) is 0 Å². The van der Waals surface area contributed by atoms with Crippen molar-refractivity contribution in [3.8, 4) is 0 Å². The summed E-state index contributed by atoms with van der Waals surface area (Å²) in [4.78, 5) is 28.2. The summed E-state index contributed by atoms with van der Waals surface area (Å²) in [6, 6.07) is 12.8. The Morgan fingerprint density at radius 3 is 2.46 bits per heavy atom. The number of nitrogens with zero attached hydrogens (tertiary/aromatic N) is 2. The Morgan fingerprint density at radius 2 is 1.86 bits per heavy atom. The Morgan fingerprint density at radius 1 is 1.14 bits per heavy atom. The van der Waals surface area contributed by atoms with Crippen LogP contribution in [0.15, 0.2) is 54.9 Å². The van der Waals surface area contributed by atoms with Gasteiger partial charge in [-0.25, -0.2) is 4.98 Å². The number of carboxylic acid groups (broad SMARTS) is 1. The van der Waals surface area contributed by atoms with Gasteiger partial charge in [-0.15, -0.1) is 0 Å². The average molecular weight is 379 g/mol. The smallest absolute Gasteiger partial charge is 0.305 e. The molecule has 0 bridgehead atoms. The second-order valence-corrected chi connectivity index (χ2v) is 7.97. The average Bonchev–Trinajstić information content (AvgIpc) is 3.02.